The van der Waals surface area contributed by atoms with Crippen molar-refractivity contribution in [1.29, 1.82) is 0 Å². The Labute approximate surface area is 104 Å². The van der Waals surface area contributed by atoms with Crippen LogP contribution in [0.3, 0.4) is 0 Å². The summed E-state index contributed by atoms with van der Waals surface area (Å²) >= 11 is 0. The minimum absolute atomic E-state index is 0.322. The van der Waals surface area contributed by atoms with E-state index in [1.54, 1.807) is 18.2 Å². The molecule has 0 aliphatic rings. The van der Waals surface area contributed by atoms with Crippen molar-refractivity contribution in [3.63, 3.8) is 0 Å². The first kappa shape index (κ1) is 11.9. The van der Waals surface area contributed by atoms with Crippen LogP contribution >= 0.6 is 0 Å². The zero-order valence-electron chi connectivity index (χ0n) is 9.77. The third kappa shape index (κ3) is 2.40. The van der Waals surface area contributed by atoms with Gasteiger partial charge in [0.05, 0.1) is 12.8 Å². The van der Waals surface area contributed by atoms with Gasteiger partial charge in [0.15, 0.2) is 6.29 Å². The van der Waals surface area contributed by atoms with Crippen LogP contribution in [-0.2, 0) is 0 Å². The summed E-state index contributed by atoms with van der Waals surface area (Å²) in [6.45, 7) is 0. The topological polar surface area (TPSA) is 71.2 Å². The minimum atomic E-state index is -0.326. The van der Waals surface area contributed by atoms with E-state index in [1.807, 2.05) is 6.07 Å². The summed E-state index contributed by atoms with van der Waals surface area (Å²) in [4.78, 5) is 25.2. The van der Waals surface area contributed by atoms with Crippen molar-refractivity contribution in [3.8, 4) is 5.75 Å². The highest BCUT2D eigenvalue weighted by molar-refractivity contribution is 6.04. The normalized spacial score (nSPS) is 9.83. The first-order chi connectivity index (χ1) is 8.74. The number of benzene rings is 1. The van der Waals surface area contributed by atoms with Crippen molar-refractivity contribution < 1.29 is 14.3 Å². The van der Waals surface area contributed by atoms with E-state index in [0.717, 1.165) is 0 Å². The molecule has 18 heavy (non-hydrogen) atoms. The molecular weight excluding hydrogens is 232 g/mol. The lowest BCUT2D eigenvalue weighted by Crippen LogP contribution is -2.12. The van der Waals surface area contributed by atoms with Gasteiger partial charge in [-0.05, 0) is 18.2 Å². The van der Waals surface area contributed by atoms with Gasteiger partial charge in [-0.25, -0.2) is 0 Å². The molecule has 5 nitrogen and oxygen atoms in total. The summed E-state index contributed by atoms with van der Waals surface area (Å²) in [6, 6.07) is 8.58. The molecule has 0 radical (unpaired) electrons. The lowest BCUT2D eigenvalue weighted by Gasteiger charge is -2.08. The third-order valence-corrected chi connectivity index (χ3v) is 2.44. The lowest BCUT2D eigenvalue weighted by molar-refractivity contribution is 0.102. The molecule has 0 aliphatic carbocycles. The number of methoxy groups -OCH3 is 1. The molecule has 0 aliphatic heterocycles. The van der Waals surface area contributed by atoms with Crippen molar-refractivity contribution >= 4 is 17.9 Å². The second-order valence-electron chi connectivity index (χ2n) is 3.62. The number of ether oxygens (including phenoxy) is 1. The molecule has 1 aromatic carbocycles. The van der Waals surface area contributed by atoms with Gasteiger partial charge >= 0.3 is 0 Å². The number of aromatic amines is 1. The van der Waals surface area contributed by atoms with Gasteiger partial charge in [0.2, 0.25) is 0 Å². The number of anilines is 1. The van der Waals surface area contributed by atoms with Gasteiger partial charge in [-0.1, -0.05) is 12.1 Å². The van der Waals surface area contributed by atoms with Gasteiger partial charge in [0, 0.05) is 11.8 Å². The number of aromatic nitrogens is 1. The summed E-state index contributed by atoms with van der Waals surface area (Å²) in [5, 5.41) is 2.70. The Morgan fingerprint density at radius 1 is 1.39 bits per heavy atom. The maximum atomic E-state index is 11.9. The van der Waals surface area contributed by atoms with E-state index in [4.69, 9.17) is 4.74 Å². The molecule has 0 spiro atoms. The monoisotopic (exact) mass is 244 g/mol. The van der Waals surface area contributed by atoms with Crippen LogP contribution in [0.4, 0.5) is 5.69 Å². The molecule has 1 amide bonds. The molecule has 5 heteroatoms. The van der Waals surface area contributed by atoms with Crippen LogP contribution in [0.25, 0.3) is 0 Å². The summed E-state index contributed by atoms with van der Waals surface area (Å²) in [7, 11) is 1.53. The molecule has 0 saturated heterocycles. The number of carbonyl (C=O) groups excluding carboxylic acids is 2. The molecule has 1 heterocycles. The third-order valence-electron chi connectivity index (χ3n) is 2.44. The Morgan fingerprint density at radius 3 is 2.83 bits per heavy atom. The molecular formula is C13H12N2O3. The maximum absolute atomic E-state index is 11.9. The zero-order valence-corrected chi connectivity index (χ0v) is 9.77. The van der Waals surface area contributed by atoms with E-state index in [2.05, 4.69) is 10.3 Å². The Bertz CT molecular complexity index is 575. The molecule has 0 atom stereocenters. The quantitative estimate of drug-likeness (QED) is 0.809. The minimum Gasteiger partial charge on any atom is -0.495 e. The van der Waals surface area contributed by atoms with Crippen molar-refractivity contribution in [3.05, 3.63) is 47.8 Å². The Hall–Kier alpha value is -2.56. The van der Waals surface area contributed by atoms with Gasteiger partial charge in [0.25, 0.3) is 5.91 Å². The molecule has 0 fully saturated rings. The molecule has 0 saturated carbocycles. The largest absolute Gasteiger partial charge is 0.495 e. The number of para-hydroxylation sites is 2. The highest BCUT2D eigenvalue weighted by Gasteiger charge is 2.10. The average Bonchev–Trinajstić information content (AvgIpc) is 2.88. The molecule has 92 valence electrons. The molecule has 1 aromatic heterocycles. The van der Waals surface area contributed by atoms with Crippen LogP contribution in [0.2, 0.25) is 0 Å². The second kappa shape index (κ2) is 5.18. The molecule has 2 N–H and O–H groups in total. The van der Waals surface area contributed by atoms with Crippen molar-refractivity contribution in [2.45, 2.75) is 0 Å². The van der Waals surface area contributed by atoms with Crippen LogP contribution in [0.15, 0.2) is 36.5 Å². The number of aldehydes is 1. The van der Waals surface area contributed by atoms with Gasteiger partial charge < -0.3 is 15.0 Å². The Kier molecular flexibility index (Phi) is 3.43. The van der Waals surface area contributed by atoms with Gasteiger partial charge in [-0.3, -0.25) is 9.59 Å². The van der Waals surface area contributed by atoms with E-state index < -0.39 is 0 Å². The lowest BCUT2D eigenvalue weighted by atomic mass is 10.2. The Morgan fingerprint density at radius 2 is 2.17 bits per heavy atom. The summed E-state index contributed by atoms with van der Waals surface area (Å²) in [5.41, 5.74) is 1.33. The number of rotatable bonds is 4. The maximum Gasteiger partial charge on any atom is 0.272 e. The van der Waals surface area contributed by atoms with Crippen molar-refractivity contribution in [1.82, 2.24) is 4.98 Å². The average molecular weight is 244 g/mol. The van der Waals surface area contributed by atoms with E-state index in [0.29, 0.717) is 29.0 Å². The van der Waals surface area contributed by atoms with Crippen LogP contribution in [0, 0.1) is 0 Å². The molecule has 0 unspecified atom stereocenters. The Balaban J connectivity index is 2.18. The number of nitrogens with one attached hydrogen (secondary N) is 2. The van der Waals surface area contributed by atoms with Crippen LogP contribution in [0.1, 0.15) is 20.8 Å². The highest BCUT2D eigenvalue weighted by atomic mass is 16.5. The fourth-order valence-electron chi connectivity index (χ4n) is 1.55. The van der Waals surface area contributed by atoms with E-state index in [9.17, 15) is 9.59 Å². The van der Waals surface area contributed by atoms with Crippen LogP contribution in [0.5, 0.6) is 5.75 Å². The SMILES string of the molecule is COc1ccccc1NC(=O)c1cc(C=O)c[nH]1. The number of hydrogen-bond donors (Lipinski definition) is 2. The number of amides is 1. The fraction of sp³-hybridized carbons (Fsp3) is 0.0769. The first-order valence-corrected chi connectivity index (χ1v) is 5.32. The summed E-state index contributed by atoms with van der Waals surface area (Å²) < 4.78 is 5.13. The van der Waals surface area contributed by atoms with Gasteiger partial charge in [-0.2, -0.15) is 0 Å². The fourth-order valence-corrected chi connectivity index (χ4v) is 1.55. The summed E-state index contributed by atoms with van der Waals surface area (Å²) in [5.74, 6) is 0.251. The predicted molar refractivity (Wildman–Crippen MR) is 67.1 cm³/mol. The molecule has 0 bridgehead atoms. The predicted octanol–water partition coefficient (Wildman–Crippen LogP) is 2.09. The summed E-state index contributed by atoms with van der Waals surface area (Å²) in [6.07, 6.45) is 2.15. The van der Waals surface area contributed by atoms with Crippen molar-refractivity contribution in [2.24, 2.45) is 0 Å². The van der Waals surface area contributed by atoms with E-state index in [1.165, 1.54) is 19.4 Å². The van der Waals surface area contributed by atoms with Gasteiger partial charge in [-0.15, -0.1) is 0 Å². The van der Waals surface area contributed by atoms with Crippen molar-refractivity contribution in [2.75, 3.05) is 12.4 Å². The number of carbonyl (C=O) groups is 2. The number of H-pyrrole nitrogens is 1. The van der Waals surface area contributed by atoms with Gasteiger partial charge in [0.1, 0.15) is 11.4 Å². The number of hydrogen-bond acceptors (Lipinski definition) is 3. The van der Waals surface area contributed by atoms with Crippen LogP contribution < -0.4 is 10.1 Å². The molecule has 2 rings (SSSR count). The smallest absolute Gasteiger partial charge is 0.272 e. The second-order valence-corrected chi connectivity index (χ2v) is 3.62. The standard InChI is InChI=1S/C13H12N2O3/c1-18-12-5-3-2-4-10(12)15-13(17)11-6-9(8-16)7-14-11/h2-8,14H,1H3,(H,15,17). The first-order valence-electron chi connectivity index (χ1n) is 5.32. The zero-order chi connectivity index (χ0) is 13.0. The van der Waals surface area contributed by atoms with E-state index in [-0.39, 0.29) is 5.91 Å². The van der Waals surface area contributed by atoms with E-state index >= 15 is 0 Å². The van der Waals surface area contributed by atoms with Crippen LogP contribution in [-0.4, -0.2) is 24.3 Å². The molecule has 2 aromatic rings. The highest BCUT2D eigenvalue weighted by Crippen LogP contribution is 2.23.